The van der Waals surface area contributed by atoms with Gasteiger partial charge in [-0.05, 0) is 49.9 Å². The molecule has 80 valence electrons. The van der Waals surface area contributed by atoms with Crippen LogP contribution in [0, 0.1) is 0 Å². The average molecular weight is 405 g/mol. The molecular weight excluding hydrogens is 392 g/mol. The van der Waals surface area contributed by atoms with Crippen LogP contribution in [-0.4, -0.2) is 0 Å². The maximum atomic E-state index is 3.74. The molecule has 1 aromatic heterocycles. The van der Waals surface area contributed by atoms with Crippen molar-refractivity contribution in [2.24, 2.45) is 0 Å². The highest BCUT2D eigenvalue weighted by molar-refractivity contribution is 9.12. The average Bonchev–Trinajstić information content (AvgIpc) is 2.45. The first-order valence-corrected chi connectivity index (χ1v) is 8.05. The van der Waals surface area contributed by atoms with E-state index >= 15 is 0 Å². The topological polar surface area (TPSA) is 0 Å². The Bertz CT molecular complexity index is 283. The Kier molecular flexibility index (Phi) is 6.29. The van der Waals surface area contributed by atoms with Crippen molar-refractivity contribution >= 4 is 59.1 Å². The first-order valence-electron chi connectivity index (χ1n) is 4.74. The quantitative estimate of drug-likeness (QED) is 0.399. The van der Waals surface area contributed by atoms with E-state index in [2.05, 4.69) is 60.8 Å². The Balaban J connectivity index is 2.51. The van der Waals surface area contributed by atoms with Crippen LogP contribution in [0.5, 0.6) is 0 Å². The zero-order valence-electron chi connectivity index (χ0n) is 8.03. The largest absolute Gasteiger partial charge is 0.121 e. The minimum Gasteiger partial charge on any atom is -0.121 e. The molecule has 14 heavy (non-hydrogen) atoms. The zero-order valence-corrected chi connectivity index (χ0v) is 13.6. The van der Waals surface area contributed by atoms with Gasteiger partial charge in [0.2, 0.25) is 0 Å². The lowest BCUT2D eigenvalue weighted by Gasteiger charge is -2.07. The Morgan fingerprint density at radius 3 is 2.57 bits per heavy atom. The summed E-state index contributed by atoms with van der Waals surface area (Å²) < 4.78 is 2.43. The molecule has 0 radical (unpaired) electrons. The first kappa shape index (κ1) is 13.2. The van der Waals surface area contributed by atoms with Gasteiger partial charge in [-0.3, -0.25) is 0 Å². The van der Waals surface area contributed by atoms with E-state index in [4.69, 9.17) is 0 Å². The Morgan fingerprint density at radius 2 is 2.07 bits per heavy atom. The van der Waals surface area contributed by atoms with Gasteiger partial charge >= 0.3 is 0 Å². The summed E-state index contributed by atoms with van der Waals surface area (Å²) in [5.41, 5.74) is 1.37. The summed E-state index contributed by atoms with van der Waals surface area (Å²) in [7, 11) is 0. The van der Waals surface area contributed by atoms with E-state index in [-0.39, 0.29) is 0 Å². The fourth-order valence-corrected chi connectivity index (χ4v) is 5.41. The van der Waals surface area contributed by atoms with Crippen molar-refractivity contribution in [3.63, 3.8) is 0 Å². The molecule has 1 aromatic rings. The summed E-state index contributed by atoms with van der Waals surface area (Å²) in [6.07, 6.45) is 5.13. The lowest BCUT2D eigenvalue weighted by molar-refractivity contribution is 0.664. The number of hydrogen-bond acceptors (Lipinski definition) is 1. The van der Waals surface area contributed by atoms with Crippen molar-refractivity contribution in [1.29, 1.82) is 0 Å². The standard InChI is InChI=1S/C10H13Br3S/c1-2-3-4-5-8(11)7-6-9(12)14-10(7)13/h6,8H,2-5H2,1H3. The summed E-state index contributed by atoms with van der Waals surface area (Å²) in [5.74, 6) is 0. The van der Waals surface area contributed by atoms with Crippen LogP contribution in [-0.2, 0) is 0 Å². The molecule has 0 nitrogen and oxygen atoms in total. The predicted molar refractivity (Wildman–Crippen MR) is 75.5 cm³/mol. The molecule has 0 aliphatic heterocycles. The van der Waals surface area contributed by atoms with Crippen molar-refractivity contribution in [3.05, 3.63) is 19.2 Å². The zero-order chi connectivity index (χ0) is 10.6. The van der Waals surface area contributed by atoms with Crippen LogP contribution >= 0.6 is 59.1 Å². The number of rotatable bonds is 5. The fourth-order valence-electron chi connectivity index (χ4n) is 1.30. The minimum absolute atomic E-state index is 0.492. The van der Waals surface area contributed by atoms with E-state index < -0.39 is 0 Å². The molecule has 1 atom stereocenters. The predicted octanol–water partition coefficient (Wildman–Crippen LogP) is 6.29. The van der Waals surface area contributed by atoms with Crippen LogP contribution in [0.2, 0.25) is 0 Å². The lowest BCUT2D eigenvalue weighted by atomic mass is 10.1. The van der Waals surface area contributed by atoms with Crippen molar-refractivity contribution in [3.8, 4) is 0 Å². The molecule has 0 spiro atoms. The maximum Gasteiger partial charge on any atom is 0.0753 e. The van der Waals surface area contributed by atoms with E-state index in [0.717, 1.165) is 0 Å². The third-order valence-corrected chi connectivity index (χ3v) is 5.42. The number of hydrogen-bond donors (Lipinski definition) is 0. The van der Waals surface area contributed by atoms with Crippen molar-refractivity contribution in [2.45, 2.75) is 37.4 Å². The molecule has 0 aliphatic carbocycles. The molecular formula is C10H13Br3S. The molecule has 1 unspecified atom stereocenters. The van der Waals surface area contributed by atoms with Crippen molar-refractivity contribution in [2.75, 3.05) is 0 Å². The highest BCUT2D eigenvalue weighted by atomic mass is 79.9. The van der Waals surface area contributed by atoms with E-state index in [1.807, 2.05) is 0 Å². The molecule has 0 fully saturated rings. The Morgan fingerprint density at radius 1 is 1.36 bits per heavy atom. The third kappa shape index (κ3) is 3.95. The molecule has 0 bridgehead atoms. The van der Waals surface area contributed by atoms with Gasteiger partial charge in [0.1, 0.15) is 0 Å². The first-order chi connectivity index (χ1) is 6.65. The second-order valence-electron chi connectivity index (χ2n) is 3.24. The molecule has 0 saturated heterocycles. The molecule has 0 aromatic carbocycles. The van der Waals surface area contributed by atoms with Crippen LogP contribution in [0.25, 0.3) is 0 Å². The van der Waals surface area contributed by atoms with Gasteiger partial charge in [-0.25, -0.2) is 0 Å². The Labute approximate surface area is 115 Å². The van der Waals surface area contributed by atoms with Crippen LogP contribution in [0.4, 0.5) is 0 Å². The van der Waals surface area contributed by atoms with Gasteiger partial charge in [0, 0.05) is 4.83 Å². The van der Waals surface area contributed by atoms with Crippen LogP contribution in [0.15, 0.2) is 13.6 Å². The molecule has 4 heteroatoms. The molecule has 1 heterocycles. The summed E-state index contributed by atoms with van der Waals surface area (Å²) in [5, 5.41) is 0. The highest BCUT2D eigenvalue weighted by Crippen LogP contribution is 2.40. The van der Waals surface area contributed by atoms with E-state index in [9.17, 15) is 0 Å². The Hall–Kier alpha value is 1.14. The smallest absolute Gasteiger partial charge is 0.0753 e. The number of halogens is 3. The van der Waals surface area contributed by atoms with Gasteiger partial charge in [0.15, 0.2) is 0 Å². The molecule has 0 aliphatic rings. The molecule has 1 rings (SSSR count). The maximum absolute atomic E-state index is 3.74. The monoisotopic (exact) mass is 402 g/mol. The normalized spacial score (nSPS) is 13.1. The third-order valence-electron chi connectivity index (χ3n) is 2.08. The van der Waals surface area contributed by atoms with Gasteiger partial charge in [0.25, 0.3) is 0 Å². The molecule has 0 amide bonds. The number of thiophene rings is 1. The van der Waals surface area contributed by atoms with E-state index in [1.165, 1.54) is 38.8 Å². The number of unbranched alkanes of at least 4 members (excludes halogenated alkanes) is 2. The highest BCUT2D eigenvalue weighted by Gasteiger charge is 2.13. The van der Waals surface area contributed by atoms with Crippen molar-refractivity contribution in [1.82, 2.24) is 0 Å². The second-order valence-corrected chi connectivity index (χ2v) is 8.10. The number of alkyl halides is 1. The van der Waals surface area contributed by atoms with Crippen LogP contribution in [0.3, 0.4) is 0 Å². The van der Waals surface area contributed by atoms with Gasteiger partial charge in [-0.1, -0.05) is 42.1 Å². The van der Waals surface area contributed by atoms with Gasteiger partial charge in [0.05, 0.1) is 7.57 Å². The summed E-state index contributed by atoms with van der Waals surface area (Å²) in [6.45, 7) is 2.24. The van der Waals surface area contributed by atoms with Crippen LogP contribution in [0.1, 0.15) is 43.0 Å². The summed E-state index contributed by atoms with van der Waals surface area (Å²) in [6, 6.07) is 2.19. The van der Waals surface area contributed by atoms with E-state index in [1.54, 1.807) is 11.3 Å². The van der Waals surface area contributed by atoms with E-state index in [0.29, 0.717) is 4.83 Å². The van der Waals surface area contributed by atoms with Crippen LogP contribution < -0.4 is 0 Å². The second kappa shape index (κ2) is 6.66. The lowest BCUT2D eigenvalue weighted by Crippen LogP contribution is -1.88. The minimum atomic E-state index is 0.492. The summed E-state index contributed by atoms with van der Waals surface area (Å²) in [4.78, 5) is 0.492. The van der Waals surface area contributed by atoms with Gasteiger partial charge in [-0.2, -0.15) is 0 Å². The summed E-state index contributed by atoms with van der Waals surface area (Å²) >= 11 is 12.6. The van der Waals surface area contributed by atoms with Gasteiger partial charge in [-0.15, -0.1) is 11.3 Å². The molecule has 0 N–H and O–H groups in total. The molecule has 0 saturated carbocycles. The fraction of sp³-hybridized carbons (Fsp3) is 0.600. The van der Waals surface area contributed by atoms with Crippen molar-refractivity contribution < 1.29 is 0 Å². The van der Waals surface area contributed by atoms with Gasteiger partial charge < -0.3 is 0 Å². The SMILES string of the molecule is CCCCCC(Br)c1cc(Br)sc1Br.